The number of carboxylic acid groups (broad SMARTS) is 1. The molecule has 0 saturated carbocycles. The lowest BCUT2D eigenvalue weighted by molar-refractivity contribution is -0.148. The third-order valence-corrected chi connectivity index (χ3v) is 5.91. The molecule has 1 N–H and O–H groups in total. The van der Waals surface area contributed by atoms with Gasteiger partial charge in [-0.2, -0.15) is 0 Å². The number of hydrogen-bond acceptors (Lipinski definition) is 6. The molecular weight excluding hydrogens is 444 g/mol. The summed E-state index contributed by atoms with van der Waals surface area (Å²) in [4.78, 5) is 26.7. The second-order valence-corrected chi connectivity index (χ2v) is 8.41. The first kappa shape index (κ1) is 25.2. The fourth-order valence-corrected chi connectivity index (χ4v) is 4.06. The molecule has 1 saturated heterocycles. The zero-order chi connectivity index (χ0) is 23.5. The topological polar surface area (TPSA) is 79.3 Å². The lowest BCUT2D eigenvalue weighted by Gasteiger charge is -2.39. The van der Waals surface area contributed by atoms with E-state index in [1.807, 2.05) is 18.2 Å². The van der Waals surface area contributed by atoms with Crippen molar-refractivity contribution in [3.05, 3.63) is 70.7 Å². The van der Waals surface area contributed by atoms with Crippen LogP contribution in [0.2, 0.25) is 5.02 Å². The van der Waals surface area contributed by atoms with Gasteiger partial charge in [-0.15, -0.1) is 0 Å². The molecule has 0 spiro atoms. The Morgan fingerprint density at radius 1 is 0.879 bits per heavy atom. The summed E-state index contributed by atoms with van der Waals surface area (Å²) in [6.07, 6.45) is -0.325. The normalized spacial score (nSPS) is 15.8. The first-order valence-corrected chi connectivity index (χ1v) is 11.6. The van der Waals surface area contributed by atoms with E-state index >= 15 is 0 Å². The first-order valence-electron chi connectivity index (χ1n) is 11.2. The van der Waals surface area contributed by atoms with Crippen LogP contribution in [0.15, 0.2) is 54.6 Å². The van der Waals surface area contributed by atoms with Gasteiger partial charge >= 0.3 is 11.9 Å². The number of hydrogen-bond donors (Lipinski definition) is 1. The molecule has 1 unspecified atom stereocenters. The van der Waals surface area contributed by atoms with Crippen LogP contribution in [0.5, 0.6) is 0 Å². The number of piperazine rings is 1. The van der Waals surface area contributed by atoms with Crippen LogP contribution < -0.4 is 0 Å². The van der Waals surface area contributed by atoms with Gasteiger partial charge < -0.3 is 14.6 Å². The fourth-order valence-electron chi connectivity index (χ4n) is 3.93. The van der Waals surface area contributed by atoms with E-state index in [-0.39, 0.29) is 25.5 Å². The van der Waals surface area contributed by atoms with Gasteiger partial charge in [-0.1, -0.05) is 54.1 Å². The van der Waals surface area contributed by atoms with Gasteiger partial charge in [0.1, 0.15) is 6.61 Å². The summed E-state index contributed by atoms with van der Waals surface area (Å²) in [7, 11) is 0. The van der Waals surface area contributed by atoms with E-state index in [4.69, 9.17) is 26.2 Å². The molecular formula is C25H31ClN2O5. The molecule has 0 aliphatic carbocycles. The van der Waals surface area contributed by atoms with Crippen LogP contribution in [0.1, 0.15) is 30.0 Å². The van der Waals surface area contributed by atoms with Gasteiger partial charge in [-0.25, -0.2) is 0 Å². The molecule has 0 radical (unpaired) electrons. The lowest BCUT2D eigenvalue weighted by atomic mass is 9.96. The molecule has 0 aromatic heterocycles. The van der Waals surface area contributed by atoms with Crippen molar-refractivity contribution in [3.8, 4) is 0 Å². The average Bonchev–Trinajstić information content (AvgIpc) is 2.83. The number of carbonyl (C=O) groups excluding carboxylic acids is 1. The summed E-state index contributed by atoms with van der Waals surface area (Å²) in [5.41, 5.74) is 2.51. The minimum atomic E-state index is -1.01. The third kappa shape index (κ3) is 8.44. The number of carboxylic acids is 1. The van der Waals surface area contributed by atoms with Crippen LogP contribution in [-0.4, -0.2) is 79.4 Å². The van der Waals surface area contributed by atoms with Crippen molar-refractivity contribution in [1.29, 1.82) is 0 Å². The fraction of sp³-hybridized carbons (Fsp3) is 0.440. The molecule has 178 valence electrons. The summed E-state index contributed by atoms with van der Waals surface area (Å²) < 4.78 is 10.5. The number of benzene rings is 2. The smallest absolute Gasteiger partial charge is 0.306 e. The van der Waals surface area contributed by atoms with E-state index in [2.05, 4.69) is 46.2 Å². The zero-order valence-corrected chi connectivity index (χ0v) is 19.5. The number of carbonyl (C=O) groups is 2. The number of nitrogens with zero attached hydrogens (tertiary/aromatic N) is 2. The Hall–Kier alpha value is -2.45. The Labute approximate surface area is 199 Å². The highest BCUT2D eigenvalue weighted by atomic mass is 35.5. The number of esters is 1. The van der Waals surface area contributed by atoms with Gasteiger partial charge in [-0.3, -0.25) is 19.4 Å². The van der Waals surface area contributed by atoms with Crippen molar-refractivity contribution in [2.75, 3.05) is 52.5 Å². The number of halogens is 1. The van der Waals surface area contributed by atoms with Gasteiger partial charge in [0.25, 0.3) is 0 Å². The maximum atomic E-state index is 11.4. The Kier molecular flexibility index (Phi) is 10.2. The SMILES string of the molecule is O=C(O)CCC(=O)OCCOCCN1CCN(C(c2ccccc2)c2ccc(Cl)cc2)CC1. The number of aliphatic carboxylic acids is 1. The minimum absolute atomic E-state index is 0.112. The van der Waals surface area contributed by atoms with Gasteiger partial charge in [0.15, 0.2) is 0 Å². The standard InChI is InChI=1S/C25H31ClN2O5/c26-22-8-6-21(7-9-22)25(20-4-2-1-3-5-20)28-14-12-27(13-15-28)16-17-32-18-19-33-24(31)11-10-23(29)30/h1-9,25H,10-19H2,(H,29,30). The molecule has 1 aliphatic heterocycles. The van der Waals surface area contributed by atoms with Crippen LogP contribution in [0.3, 0.4) is 0 Å². The summed E-state index contributed by atoms with van der Waals surface area (Å²) >= 11 is 6.11. The Bertz CT molecular complexity index is 870. The molecule has 3 rings (SSSR count). The van der Waals surface area contributed by atoms with Crippen LogP contribution >= 0.6 is 11.6 Å². The quantitative estimate of drug-likeness (QED) is 0.372. The monoisotopic (exact) mass is 474 g/mol. The Morgan fingerprint density at radius 2 is 1.55 bits per heavy atom. The predicted molar refractivity (Wildman–Crippen MR) is 126 cm³/mol. The van der Waals surface area contributed by atoms with Gasteiger partial charge in [0.05, 0.1) is 32.1 Å². The van der Waals surface area contributed by atoms with Gasteiger partial charge in [0, 0.05) is 37.7 Å². The molecule has 0 bridgehead atoms. The third-order valence-electron chi connectivity index (χ3n) is 5.66. The lowest BCUT2D eigenvalue weighted by Crippen LogP contribution is -2.48. The van der Waals surface area contributed by atoms with Crippen molar-refractivity contribution in [2.45, 2.75) is 18.9 Å². The summed E-state index contributed by atoms with van der Waals surface area (Å²) in [5, 5.41) is 9.30. The molecule has 1 fully saturated rings. The van der Waals surface area contributed by atoms with Gasteiger partial charge in [-0.05, 0) is 23.3 Å². The van der Waals surface area contributed by atoms with Crippen molar-refractivity contribution in [2.24, 2.45) is 0 Å². The molecule has 1 aliphatic rings. The van der Waals surface area contributed by atoms with Crippen LogP contribution in [0, 0.1) is 0 Å². The average molecular weight is 475 g/mol. The van der Waals surface area contributed by atoms with E-state index < -0.39 is 11.9 Å². The maximum Gasteiger partial charge on any atom is 0.306 e. The predicted octanol–water partition coefficient (Wildman–Crippen LogP) is 3.47. The second-order valence-electron chi connectivity index (χ2n) is 7.97. The molecule has 8 heteroatoms. The molecule has 1 heterocycles. The van der Waals surface area contributed by atoms with E-state index in [1.54, 1.807) is 0 Å². The summed E-state index contributed by atoms with van der Waals surface area (Å²) in [5.74, 6) is -1.52. The zero-order valence-electron chi connectivity index (χ0n) is 18.7. The highest BCUT2D eigenvalue weighted by Crippen LogP contribution is 2.30. The van der Waals surface area contributed by atoms with Crippen LogP contribution in [-0.2, 0) is 19.1 Å². The number of rotatable bonds is 12. The summed E-state index contributed by atoms with van der Waals surface area (Å²) in [6, 6.07) is 18.8. The highest BCUT2D eigenvalue weighted by Gasteiger charge is 2.26. The van der Waals surface area contributed by atoms with Gasteiger partial charge in [0.2, 0.25) is 0 Å². The largest absolute Gasteiger partial charge is 0.481 e. The molecule has 2 aromatic carbocycles. The molecule has 7 nitrogen and oxygen atoms in total. The van der Waals surface area contributed by atoms with Crippen LogP contribution in [0.4, 0.5) is 0 Å². The highest BCUT2D eigenvalue weighted by molar-refractivity contribution is 6.30. The Balaban J connectivity index is 1.40. The molecule has 1 atom stereocenters. The van der Waals surface area contributed by atoms with Crippen molar-refractivity contribution in [1.82, 2.24) is 9.80 Å². The van der Waals surface area contributed by atoms with Crippen molar-refractivity contribution >= 4 is 23.5 Å². The Morgan fingerprint density at radius 3 is 2.21 bits per heavy atom. The molecule has 0 amide bonds. The van der Waals surface area contributed by atoms with E-state index in [0.717, 1.165) is 37.7 Å². The van der Waals surface area contributed by atoms with E-state index in [1.165, 1.54) is 11.1 Å². The van der Waals surface area contributed by atoms with E-state index in [0.29, 0.717) is 13.2 Å². The molecule has 2 aromatic rings. The first-order chi connectivity index (χ1) is 16.0. The molecule has 33 heavy (non-hydrogen) atoms. The van der Waals surface area contributed by atoms with Crippen LogP contribution in [0.25, 0.3) is 0 Å². The van der Waals surface area contributed by atoms with Crippen molar-refractivity contribution < 1.29 is 24.2 Å². The minimum Gasteiger partial charge on any atom is -0.481 e. The summed E-state index contributed by atoms with van der Waals surface area (Å²) in [6.45, 7) is 5.63. The van der Waals surface area contributed by atoms with E-state index in [9.17, 15) is 9.59 Å². The van der Waals surface area contributed by atoms with Crippen molar-refractivity contribution in [3.63, 3.8) is 0 Å². The second kappa shape index (κ2) is 13.3. The maximum absolute atomic E-state index is 11.4. The number of ether oxygens (including phenoxy) is 2.